The molecule has 0 unspecified atom stereocenters. The first-order valence-corrected chi connectivity index (χ1v) is 5.46. The van der Waals surface area contributed by atoms with Crippen molar-refractivity contribution < 1.29 is 4.42 Å². The molecular weight excluding hydrogens is 240 g/mol. The van der Waals surface area contributed by atoms with Crippen LogP contribution < -0.4 is 0 Å². The number of furan rings is 1. The standard InChI is InChI=1S/C11H9ClN4O/c12-7-3-9(17-6-7)4-8-5-15-11(16-8)10-13-1-2-14-10/h1-3,5-6H,4H2,(H,13,14)(H,15,16). The molecule has 0 radical (unpaired) electrons. The molecule has 0 fully saturated rings. The average molecular weight is 249 g/mol. The average Bonchev–Trinajstić information content (AvgIpc) is 3.00. The van der Waals surface area contributed by atoms with E-state index in [9.17, 15) is 0 Å². The highest BCUT2D eigenvalue weighted by Crippen LogP contribution is 2.17. The van der Waals surface area contributed by atoms with Crippen molar-refractivity contribution in [3.05, 3.63) is 47.4 Å². The molecule has 0 aromatic carbocycles. The monoisotopic (exact) mass is 248 g/mol. The molecule has 3 rings (SSSR count). The van der Waals surface area contributed by atoms with Crippen LogP contribution in [0, 0.1) is 0 Å². The van der Waals surface area contributed by atoms with E-state index in [4.69, 9.17) is 16.0 Å². The summed E-state index contributed by atoms with van der Waals surface area (Å²) in [4.78, 5) is 14.6. The molecule has 17 heavy (non-hydrogen) atoms. The molecule has 5 nitrogen and oxygen atoms in total. The zero-order valence-corrected chi connectivity index (χ0v) is 9.53. The summed E-state index contributed by atoms with van der Waals surface area (Å²) >= 11 is 5.78. The van der Waals surface area contributed by atoms with Gasteiger partial charge in [-0.05, 0) is 6.07 Å². The van der Waals surface area contributed by atoms with Gasteiger partial charge in [-0.3, -0.25) is 0 Å². The lowest BCUT2D eigenvalue weighted by Gasteiger charge is -1.90. The number of imidazole rings is 2. The van der Waals surface area contributed by atoms with E-state index in [2.05, 4.69) is 19.9 Å². The Morgan fingerprint density at radius 2 is 2.24 bits per heavy atom. The maximum absolute atomic E-state index is 5.78. The third-order valence-corrected chi connectivity index (χ3v) is 2.53. The molecular formula is C11H9ClN4O. The summed E-state index contributed by atoms with van der Waals surface area (Å²) in [6.45, 7) is 0. The van der Waals surface area contributed by atoms with Gasteiger partial charge in [-0.15, -0.1) is 0 Å². The van der Waals surface area contributed by atoms with E-state index in [1.165, 1.54) is 6.26 Å². The third-order valence-electron chi connectivity index (χ3n) is 2.33. The van der Waals surface area contributed by atoms with Gasteiger partial charge >= 0.3 is 0 Å². The van der Waals surface area contributed by atoms with Gasteiger partial charge in [-0.25, -0.2) is 9.97 Å². The van der Waals surface area contributed by atoms with Crippen molar-refractivity contribution in [2.24, 2.45) is 0 Å². The van der Waals surface area contributed by atoms with Crippen LogP contribution in [0.15, 0.2) is 35.3 Å². The summed E-state index contributed by atoms with van der Waals surface area (Å²) in [6.07, 6.45) is 7.38. The smallest absolute Gasteiger partial charge is 0.173 e. The van der Waals surface area contributed by atoms with Crippen LogP contribution in [-0.2, 0) is 6.42 Å². The normalized spacial score (nSPS) is 10.9. The Morgan fingerprint density at radius 1 is 1.29 bits per heavy atom. The quantitative estimate of drug-likeness (QED) is 0.749. The molecule has 0 amide bonds. The lowest BCUT2D eigenvalue weighted by atomic mass is 10.3. The minimum absolute atomic E-state index is 0.599. The van der Waals surface area contributed by atoms with Crippen molar-refractivity contribution in [1.29, 1.82) is 0 Å². The molecule has 0 aliphatic heterocycles. The summed E-state index contributed by atoms with van der Waals surface area (Å²) in [5.41, 5.74) is 0.877. The van der Waals surface area contributed by atoms with Gasteiger partial charge in [-0.1, -0.05) is 11.6 Å². The molecule has 3 aromatic heterocycles. The van der Waals surface area contributed by atoms with Crippen LogP contribution in [0.2, 0.25) is 5.02 Å². The van der Waals surface area contributed by atoms with Gasteiger partial charge in [0.2, 0.25) is 0 Å². The summed E-state index contributed by atoms with van der Waals surface area (Å²) in [6, 6.07) is 1.78. The molecule has 0 atom stereocenters. The number of aromatic amines is 2. The van der Waals surface area contributed by atoms with E-state index in [1.54, 1.807) is 18.5 Å². The van der Waals surface area contributed by atoms with Crippen molar-refractivity contribution in [1.82, 2.24) is 19.9 Å². The lowest BCUT2D eigenvalue weighted by molar-refractivity contribution is 0.519. The maximum Gasteiger partial charge on any atom is 0.173 e. The number of halogens is 1. The van der Waals surface area contributed by atoms with Crippen LogP contribution in [0.5, 0.6) is 0 Å². The number of hydrogen-bond acceptors (Lipinski definition) is 3. The van der Waals surface area contributed by atoms with Crippen LogP contribution in [0.3, 0.4) is 0 Å². The maximum atomic E-state index is 5.78. The fraction of sp³-hybridized carbons (Fsp3) is 0.0909. The lowest BCUT2D eigenvalue weighted by Crippen LogP contribution is -1.87. The first-order valence-electron chi connectivity index (χ1n) is 5.08. The van der Waals surface area contributed by atoms with Crippen molar-refractivity contribution in [2.45, 2.75) is 6.42 Å². The Hall–Kier alpha value is -2.01. The largest absolute Gasteiger partial charge is 0.467 e. The van der Waals surface area contributed by atoms with Gasteiger partial charge < -0.3 is 14.4 Å². The SMILES string of the molecule is Clc1coc(Cc2c[nH]c(-c3ncc[nH]3)n2)c1. The second kappa shape index (κ2) is 4.10. The van der Waals surface area contributed by atoms with E-state index in [0.717, 1.165) is 11.5 Å². The van der Waals surface area contributed by atoms with E-state index in [-0.39, 0.29) is 0 Å². The fourth-order valence-electron chi connectivity index (χ4n) is 1.59. The Labute approximate surface area is 102 Å². The van der Waals surface area contributed by atoms with Gasteiger partial charge in [0.15, 0.2) is 11.6 Å². The zero-order chi connectivity index (χ0) is 11.7. The van der Waals surface area contributed by atoms with Crippen LogP contribution in [0.1, 0.15) is 11.5 Å². The van der Waals surface area contributed by atoms with Crippen LogP contribution in [0.4, 0.5) is 0 Å². The zero-order valence-electron chi connectivity index (χ0n) is 8.77. The number of aromatic nitrogens is 4. The van der Waals surface area contributed by atoms with Gasteiger partial charge in [0, 0.05) is 25.0 Å². The van der Waals surface area contributed by atoms with Gasteiger partial charge in [0.05, 0.1) is 10.7 Å². The fourth-order valence-corrected chi connectivity index (χ4v) is 1.76. The van der Waals surface area contributed by atoms with Gasteiger partial charge in [-0.2, -0.15) is 0 Å². The molecule has 0 bridgehead atoms. The second-order valence-corrected chi connectivity index (χ2v) is 4.02. The summed E-state index contributed by atoms with van der Waals surface area (Å²) in [5, 5.41) is 0.599. The van der Waals surface area contributed by atoms with Gasteiger partial charge in [0.25, 0.3) is 0 Å². The summed E-state index contributed by atoms with van der Waals surface area (Å²) in [7, 11) is 0. The predicted octanol–water partition coefficient (Wildman–Crippen LogP) is 2.64. The molecule has 86 valence electrons. The molecule has 6 heteroatoms. The van der Waals surface area contributed by atoms with Crippen LogP contribution >= 0.6 is 11.6 Å². The topological polar surface area (TPSA) is 70.5 Å². The van der Waals surface area contributed by atoms with Crippen molar-refractivity contribution in [3.8, 4) is 11.6 Å². The Bertz CT molecular complexity index is 611. The summed E-state index contributed by atoms with van der Waals surface area (Å²) < 4.78 is 5.26. The van der Waals surface area contributed by atoms with E-state index in [1.807, 2.05) is 6.20 Å². The first-order chi connectivity index (χ1) is 8.31. The first kappa shape index (κ1) is 10.2. The molecule has 0 aliphatic carbocycles. The third kappa shape index (κ3) is 2.09. The van der Waals surface area contributed by atoms with E-state index < -0.39 is 0 Å². The second-order valence-electron chi connectivity index (χ2n) is 3.59. The highest BCUT2D eigenvalue weighted by atomic mass is 35.5. The highest BCUT2D eigenvalue weighted by Gasteiger charge is 2.08. The van der Waals surface area contributed by atoms with E-state index in [0.29, 0.717) is 23.1 Å². The Kier molecular flexibility index (Phi) is 2.45. The molecule has 0 saturated heterocycles. The molecule has 0 saturated carbocycles. The van der Waals surface area contributed by atoms with Crippen LogP contribution in [-0.4, -0.2) is 19.9 Å². The molecule has 3 heterocycles. The number of nitrogens with zero attached hydrogens (tertiary/aromatic N) is 2. The van der Waals surface area contributed by atoms with Crippen LogP contribution in [0.25, 0.3) is 11.6 Å². The van der Waals surface area contributed by atoms with Crippen molar-refractivity contribution in [2.75, 3.05) is 0 Å². The molecule has 0 aliphatic rings. The highest BCUT2D eigenvalue weighted by molar-refractivity contribution is 6.30. The Balaban J connectivity index is 1.81. The molecule has 3 aromatic rings. The number of rotatable bonds is 3. The van der Waals surface area contributed by atoms with Gasteiger partial charge in [0.1, 0.15) is 12.0 Å². The van der Waals surface area contributed by atoms with E-state index >= 15 is 0 Å². The minimum atomic E-state index is 0.599. The Morgan fingerprint density at radius 3 is 2.94 bits per heavy atom. The van der Waals surface area contributed by atoms with Crippen molar-refractivity contribution in [3.63, 3.8) is 0 Å². The molecule has 0 spiro atoms. The predicted molar refractivity (Wildman–Crippen MR) is 62.7 cm³/mol. The number of nitrogens with one attached hydrogen (secondary N) is 2. The molecule has 2 N–H and O–H groups in total. The summed E-state index contributed by atoms with van der Waals surface area (Å²) in [5.74, 6) is 2.21. The number of H-pyrrole nitrogens is 2. The van der Waals surface area contributed by atoms with Crippen molar-refractivity contribution >= 4 is 11.6 Å². The number of hydrogen-bond donors (Lipinski definition) is 2. The minimum Gasteiger partial charge on any atom is -0.467 e.